The third-order valence-electron chi connectivity index (χ3n) is 4.22. The molecule has 0 bridgehead atoms. The fraction of sp³-hybridized carbons (Fsp3) is 0.0667. The molecule has 5 nitrogen and oxygen atoms in total. The predicted molar refractivity (Wildman–Crippen MR) is 141 cm³/mol. The number of benzene rings is 2. The van der Waals surface area contributed by atoms with Gasteiger partial charge in [0, 0.05) is 18.2 Å². The number of phenols is 1. The molecular weight excluding hydrogens is 440 g/mol. The number of phenolic OH excluding ortho intramolecular Hbond substituents is 1. The summed E-state index contributed by atoms with van der Waals surface area (Å²) in [6.45, 7) is 3.79. The molecule has 0 spiro atoms. The Morgan fingerprint density at radius 3 is 1.57 bits per heavy atom. The van der Waals surface area contributed by atoms with Crippen LogP contribution >= 0.6 is 0 Å². The molecule has 0 aromatic heterocycles. The number of ether oxygens (including phenoxy) is 2. The Hall–Kier alpha value is -4.64. The Balaban J connectivity index is 2.23. The molecule has 0 aliphatic carbocycles. The first-order chi connectivity index (χ1) is 17.0. The maximum Gasteiger partial charge on any atom is 0.336 e. The first-order valence-electron chi connectivity index (χ1n) is 11.0. The zero-order chi connectivity index (χ0) is 25.3. The Morgan fingerprint density at radius 2 is 1.09 bits per heavy atom. The number of esters is 2. The molecule has 0 saturated carbocycles. The molecule has 35 heavy (non-hydrogen) atoms. The molecule has 0 aliphatic rings. The zero-order valence-corrected chi connectivity index (χ0v) is 19.7. The Kier molecular flexibility index (Phi) is 11.6. The van der Waals surface area contributed by atoms with Gasteiger partial charge in [0.25, 0.3) is 0 Å². The Labute approximate surface area is 206 Å². The van der Waals surface area contributed by atoms with Gasteiger partial charge in [-0.3, -0.25) is 0 Å². The highest BCUT2D eigenvalue weighted by Gasteiger charge is 2.08. The molecule has 0 amide bonds. The van der Waals surface area contributed by atoms with E-state index in [1.54, 1.807) is 78.9 Å². The first kappa shape index (κ1) is 26.6. The molecule has 2 rings (SSSR count). The molecule has 0 atom stereocenters. The monoisotopic (exact) mass is 468 g/mol. The lowest BCUT2D eigenvalue weighted by atomic mass is 10.1. The van der Waals surface area contributed by atoms with E-state index in [2.05, 4.69) is 0 Å². The van der Waals surface area contributed by atoms with E-state index in [9.17, 15) is 14.7 Å². The van der Waals surface area contributed by atoms with Gasteiger partial charge in [0.1, 0.15) is 17.2 Å². The number of allylic oxidation sites excluding steroid dienone is 10. The van der Waals surface area contributed by atoms with Gasteiger partial charge in [-0.25, -0.2) is 9.59 Å². The largest absolute Gasteiger partial charge is 0.508 e. The molecule has 0 unspecified atom stereocenters. The summed E-state index contributed by atoms with van der Waals surface area (Å²) < 4.78 is 10.8. The number of aromatic hydroxyl groups is 1. The second-order valence-electron chi connectivity index (χ2n) is 7.04. The minimum absolute atomic E-state index is 0.174. The SMILES string of the molecule is CC=CC=CC=CC(=O)Oc1cc(C=Cc2ccc(O)cc2)cc(OC(=O)C=CC=CC=CC)c1. The van der Waals surface area contributed by atoms with Crippen LogP contribution in [0.15, 0.2) is 115 Å². The van der Waals surface area contributed by atoms with Crippen LogP contribution in [0, 0.1) is 0 Å². The molecule has 0 aliphatic heterocycles. The standard InChI is InChI=1S/C30H28O5/c1-3-5-7-9-11-13-29(32)34-27-21-25(16-15-24-17-19-26(31)20-18-24)22-28(23-27)35-30(33)14-12-10-8-6-4-2/h3-23,31H,1-2H3. The van der Waals surface area contributed by atoms with Crippen molar-refractivity contribution in [2.75, 3.05) is 0 Å². The molecule has 178 valence electrons. The number of rotatable bonds is 10. The number of hydrogen-bond acceptors (Lipinski definition) is 5. The van der Waals surface area contributed by atoms with Crippen LogP contribution in [0.2, 0.25) is 0 Å². The van der Waals surface area contributed by atoms with Crippen LogP contribution in [0.5, 0.6) is 17.2 Å². The van der Waals surface area contributed by atoms with Crippen LogP contribution in [-0.2, 0) is 9.59 Å². The lowest BCUT2D eigenvalue weighted by molar-refractivity contribution is -0.129. The highest BCUT2D eigenvalue weighted by atomic mass is 16.5. The van der Waals surface area contributed by atoms with Crippen molar-refractivity contribution in [2.24, 2.45) is 0 Å². The third-order valence-corrected chi connectivity index (χ3v) is 4.22. The first-order valence-corrected chi connectivity index (χ1v) is 11.0. The summed E-state index contributed by atoms with van der Waals surface area (Å²) in [5, 5.41) is 9.44. The van der Waals surface area contributed by atoms with Crippen molar-refractivity contribution in [2.45, 2.75) is 13.8 Å². The second-order valence-corrected chi connectivity index (χ2v) is 7.04. The van der Waals surface area contributed by atoms with Gasteiger partial charge in [0.15, 0.2) is 0 Å². The van der Waals surface area contributed by atoms with Gasteiger partial charge in [-0.15, -0.1) is 0 Å². The number of carbonyl (C=O) groups is 2. The number of hydrogen-bond donors (Lipinski definition) is 1. The molecule has 2 aromatic rings. The van der Waals surface area contributed by atoms with Crippen molar-refractivity contribution in [3.05, 3.63) is 127 Å². The van der Waals surface area contributed by atoms with E-state index in [0.29, 0.717) is 5.56 Å². The predicted octanol–water partition coefficient (Wildman–Crippen LogP) is 6.75. The van der Waals surface area contributed by atoms with E-state index in [1.165, 1.54) is 18.2 Å². The van der Waals surface area contributed by atoms with Gasteiger partial charge in [-0.1, -0.05) is 85.0 Å². The fourth-order valence-corrected chi connectivity index (χ4v) is 2.63. The molecule has 5 heteroatoms. The van der Waals surface area contributed by atoms with Crippen LogP contribution in [0.25, 0.3) is 12.2 Å². The van der Waals surface area contributed by atoms with Gasteiger partial charge in [0.2, 0.25) is 0 Å². The lowest BCUT2D eigenvalue weighted by Gasteiger charge is -2.07. The van der Waals surface area contributed by atoms with Crippen LogP contribution in [0.1, 0.15) is 25.0 Å². The topological polar surface area (TPSA) is 72.8 Å². The summed E-state index contributed by atoms with van der Waals surface area (Å²) in [6, 6.07) is 11.5. The van der Waals surface area contributed by atoms with E-state index in [0.717, 1.165) is 5.56 Å². The van der Waals surface area contributed by atoms with Gasteiger partial charge in [0.05, 0.1) is 0 Å². The Morgan fingerprint density at radius 1 is 0.629 bits per heavy atom. The van der Waals surface area contributed by atoms with Crippen LogP contribution < -0.4 is 9.47 Å². The third kappa shape index (κ3) is 11.2. The van der Waals surface area contributed by atoms with Gasteiger partial charge >= 0.3 is 11.9 Å². The van der Waals surface area contributed by atoms with Crippen LogP contribution in [-0.4, -0.2) is 17.0 Å². The maximum atomic E-state index is 12.2. The average Bonchev–Trinajstić information content (AvgIpc) is 2.83. The molecule has 0 fully saturated rings. The highest BCUT2D eigenvalue weighted by Crippen LogP contribution is 2.25. The summed E-state index contributed by atoms with van der Waals surface area (Å²) in [7, 11) is 0. The van der Waals surface area contributed by atoms with Crippen molar-refractivity contribution >= 4 is 24.1 Å². The maximum absolute atomic E-state index is 12.2. The van der Waals surface area contributed by atoms with Crippen molar-refractivity contribution in [3.63, 3.8) is 0 Å². The normalized spacial score (nSPS) is 12.4. The highest BCUT2D eigenvalue weighted by molar-refractivity contribution is 5.86. The van der Waals surface area contributed by atoms with Crippen LogP contribution in [0.3, 0.4) is 0 Å². The molecule has 1 N–H and O–H groups in total. The van der Waals surface area contributed by atoms with Crippen molar-refractivity contribution in [1.29, 1.82) is 0 Å². The van der Waals surface area contributed by atoms with E-state index in [1.807, 2.05) is 44.2 Å². The van der Waals surface area contributed by atoms with E-state index in [4.69, 9.17) is 9.47 Å². The van der Waals surface area contributed by atoms with Crippen molar-refractivity contribution < 1.29 is 24.2 Å². The van der Waals surface area contributed by atoms with Gasteiger partial charge in [-0.2, -0.15) is 0 Å². The zero-order valence-electron chi connectivity index (χ0n) is 19.7. The molecular formula is C30H28O5. The fourth-order valence-electron chi connectivity index (χ4n) is 2.63. The quantitative estimate of drug-likeness (QED) is 0.137. The number of carbonyl (C=O) groups excluding carboxylic acids is 2. The van der Waals surface area contributed by atoms with Crippen molar-refractivity contribution in [1.82, 2.24) is 0 Å². The minimum atomic E-state index is -0.568. The summed E-state index contributed by atoms with van der Waals surface area (Å²) in [5.41, 5.74) is 1.51. The lowest BCUT2D eigenvalue weighted by Crippen LogP contribution is -2.06. The summed E-state index contributed by atoms with van der Waals surface area (Å²) in [5.74, 6) is -0.510. The minimum Gasteiger partial charge on any atom is -0.508 e. The molecule has 2 aromatic carbocycles. The van der Waals surface area contributed by atoms with Crippen molar-refractivity contribution in [3.8, 4) is 17.2 Å². The van der Waals surface area contributed by atoms with E-state index in [-0.39, 0.29) is 17.2 Å². The molecule has 0 radical (unpaired) electrons. The van der Waals surface area contributed by atoms with E-state index >= 15 is 0 Å². The summed E-state index contributed by atoms with van der Waals surface area (Å²) >= 11 is 0. The Bertz CT molecular complexity index is 1130. The van der Waals surface area contributed by atoms with Gasteiger partial charge < -0.3 is 14.6 Å². The second kappa shape index (κ2) is 15.2. The smallest absolute Gasteiger partial charge is 0.336 e. The van der Waals surface area contributed by atoms with E-state index < -0.39 is 11.9 Å². The van der Waals surface area contributed by atoms with Crippen LogP contribution in [0.4, 0.5) is 0 Å². The molecule has 0 heterocycles. The molecule has 0 saturated heterocycles. The summed E-state index contributed by atoms with van der Waals surface area (Å²) in [4.78, 5) is 24.4. The van der Waals surface area contributed by atoms with Gasteiger partial charge in [-0.05, 0) is 49.2 Å². The summed E-state index contributed by atoms with van der Waals surface area (Å²) in [6.07, 6.45) is 23.8. The average molecular weight is 469 g/mol.